The first-order valence-corrected chi connectivity index (χ1v) is 24.4. The second kappa shape index (κ2) is 24.8. The molecule has 9 N–H and O–H groups in total. The van der Waals surface area contributed by atoms with E-state index in [-0.39, 0.29) is 17.5 Å². The molecule has 2 saturated heterocycles. The van der Waals surface area contributed by atoms with Crippen molar-refractivity contribution >= 4 is 53.6 Å². The first-order valence-electron chi connectivity index (χ1n) is 23.8. The Hall–Kier alpha value is -5.76. The zero-order valence-electron chi connectivity index (χ0n) is 41.6. The number of nitrogens with two attached hydrogens (primary N) is 4. The number of nitrogens with one attached hydrogen (secondary N) is 1. The fraction of sp³-hybridized carbons (Fsp3) is 0.426. The third-order valence-corrected chi connectivity index (χ3v) is 13.3. The van der Waals surface area contributed by atoms with Gasteiger partial charge in [-0.2, -0.15) is 0 Å². The van der Waals surface area contributed by atoms with E-state index in [1.165, 1.54) is 49.6 Å². The average Bonchev–Trinajstić information content (AvgIpc) is 4.04. The summed E-state index contributed by atoms with van der Waals surface area (Å²) in [6, 6.07) is 13.5. The van der Waals surface area contributed by atoms with E-state index in [0.717, 1.165) is 92.6 Å². The average molecular weight is 929 g/mol. The molecule has 3 fully saturated rings. The number of hydrogen-bond donors (Lipinski definition) is 6. The Morgan fingerprint density at radius 2 is 1.67 bits per heavy atom. The lowest BCUT2D eigenvalue weighted by atomic mass is 9.85. The number of aromatic nitrogens is 5. The number of nitrogens with zero attached hydrogens (tertiary/aromatic N) is 7. The van der Waals surface area contributed by atoms with Gasteiger partial charge in [-0.1, -0.05) is 77.9 Å². The van der Waals surface area contributed by atoms with Gasteiger partial charge in [-0.3, -0.25) is 5.14 Å². The first-order chi connectivity index (χ1) is 32.2. The van der Waals surface area contributed by atoms with Gasteiger partial charge >= 0.3 is 0 Å². The van der Waals surface area contributed by atoms with Gasteiger partial charge in [0.05, 0.1) is 6.04 Å². The maximum Gasteiger partial charge on any atom is 0.162 e. The molecule has 0 bridgehead atoms. The molecular formula is C54H80N12S. The maximum absolute atomic E-state index is 6.83. The van der Waals surface area contributed by atoms with E-state index >= 15 is 0 Å². The summed E-state index contributed by atoms with van der Waals surface area (Å²) >= 11 is 3.03. The molecule has 1 aromatic carbocycles. The number of benzene rings is 1. The topological polar surface area (TPSA) is 171 Å². The zero-order valence-corrected chi connectivity index (χ0v) is 42.5. The predicted octanol–water partition coefficient (Wildman–Crippen LogP) is 9.55. The fourth-order valence-corrected chi connectivity index (χ4v) is 9.23. The predicted molar refractivity (Wildman–Crippen MR) is 290 cm³/mol. The second-order valence-corrected chi connectivity index (χ2v) is 18.0. The monoisotopic (exact) mass is 929 g/mol. The van der Waals surface area contributed by atoms with Crippen LogP contribution in [0.25, 0.3) is 46.4 Å². The minimum absolute atomic E-state index is 0.0747. The summed E-state index contributed by atoms with van der Waals surface area (Å²) in [6.45, 7) is 40.6. The van der Waals surface area contributed by atoms with Crippen LogP contribution in [0.1, 0.15) is 123 Å². The van der Waals surface area contributed by atoms with Crippen molar-refractivity contribution in [2.45, 2.75) is 130 Å². The van der Waals surface area contributed by atoms with Crippen LogP contribution >= 0.6 is 12.8 Å². The van der Waals surface area contributed by atoms with Gasteiger partial charge in [0.25, 0.3) is 0 Å². The first kappa shape index (κ1) is 53.9. The standard InChI is InChI=1S/C47H60N10.C3H6.C2H5N.C2H6.H3NS/c1-29(26-37(28-48)56(49)25-20-36-13-11-14-38-33(5)57(34(6)44(36)38)42-18-15-30(2)51-32(42)4)47(7,8)55-24-21-40-39(19-22-50-46(40)55)45-52-41(35-16-17-35)27-43(53-45)54-23-10-9-12-31(54)3;1-3-2;1-2-3;2*1-2/h11,13-14,19,21-22,24,27-29,31,35,42,51H,2,4-6,9-10,12,15-18,20,23,25-26,48-49H2,1,3,7-8H3;3H,1H2,2H3;2H,1,3H2;1-2H3;2H,1H2/b37-28-;;;;. The van der Waals surface area contributed by atoms with Gasteiger partial charge in [0.15, 0.2) is 5.82 Å². The number of anilines is 1. The van der Waals surface area contributed by atoms with Crippen LogP contribution in [0.15, 0.2) is 111 Å². The van der Waals surface area contributed by atoms with E-state index in [2.05, 4.69) is 153 Å². The Morgan fingerprint density at radius 1 is 0.985 bits per heavy atom. The molecule has 1 aliphatic carbocycles. The lowest BCUT2D eigenvalue weighted by Crippen LogP contribution is -2.38. The van der Waals surface area contributed by atoms with Crippen LogP contribution in [0.4, 0.5) is 5.82 Å². The molecule has 0 amide bonds. The molecule has 2 aliphatic heterocycles. The Balaban J connectivity index is 0.000000909. The van der Waals surface area contributed by atoms with E-state index < -0.39 is 0 Å². The highest BCUT2D eigenvalue weighted by atomic mass is 32.1. The molecule has 3 atom stereocenters. The summed E-state index contributed by atoms with van der Waals surface area (Å²) in [5.74, 6) is 9.37. The number of pyridine rings is 1. The van der Waals surface area contributed by atoms with Crippen LogP contribution in [0.2, 0.25) is 0 Å². The van der Waals surface area contributed by atoms with Crippen LogP contribution < -0.4 is 43.4 Å². The van der Waals surface area contributed by atoms with E-state index in [1.807, 2.05) is 32.0 Å². The number of piperidine rings is 2. The highest BCUT2D eigenvalue weighted by Crippen LogP contribution is 2.42. The molecule has 3 unspecified atom stereocenters. The molecule has 13 heteroatoms. The Kier molecular flexibility index (Phi) is 20.0. The third kappa shape index (κ3) is 12.2. The highest BCUT2D eigenvalue weighted by molar-refractivity contribution is 7.77. The van der Waals surface area contributed by atoms with Gasteiger partial charge in [-0.05, 0) is 115 Å². The van der Waals surface area contributed by atoms with Gasteiger partial charge in [0.2, 0.25) is 0 Å². The van der Waals surface area contributed by atoms with Crippen molar-refractivity contribution in [3.63, 3.8) is 0 Å². The van der Waals surface area contributed by atoms with Crippen LogP contribution in [-0.2, 0) is 12.0 Å². The summed E-state index contributed by atoms with van der Waals surface area (Å²) in [4.78, 5) is 17.8. The third-order valence-electron chi connectivity index (χ3n) is 13.3. The molecule has 1 saturated carbocycles. The largest absolute Gasteiger partial charge is 0.405 e. The summed E-state index contributed by atoms with van der Waals surface area (Å²) in [6.07, 6.45) is 18.0. The van der Waals surface area contributed by atoms with Gasteiger partial charge in [-0.25, -0.2) is 20.8 Å². The molecule has 3 aliphatic rings. The summed E-state index contributed by atoms with van der Waals surface area (Å²) in [7, 11) is 0. The Bertz CT molecular complexity index is 2590. The summed E-state index contributed by atoms with van der Waals surface area (Å²) in [5, 5.41) is 14.6. The van der Waals surface area contributed by atoms with Crippen molar-refractivity contribution in [3.8, 4) is 11.4 Å². The molecule has 8 rings (SSSR count). The Labute approximate surface area is 406 Å². The molecule has 0 radical (unpaired) electrons. The number of fused-ring (bicyclic) bond motifs is 2. The smallest absolute Gasteiger partial charge is 0.162 e. The molecule has 6 heterocycles. The maximum atomic E-state index is 6.83. The summed E-state index contributed by atoms with van der Waals surface area (Å²) in [5.41, 5.74) is 17.7. The highest BCUT2D eigenvalue weighted by Gasteiger charge is 2.33. The molecule has 362 valence electrons. The number of hydrazine groups is 1. The van der Waals surface area contributed by atoms with Crippen LogP contribution in [-0.4, -0.2) is 48.2 Å². The molecule has 67 heavy (non-hydrogen) atoms. The van der Waals surface area contributed by atoms with Gasteiger partial charge in [0, 0.05) is 110 Å². The van der Waals surface area contributed by atoms with Gasteiger partial charge < -0.3 is 35.8 Å². The van der Waals surface area contributed by atoms with E-state index in [1.54, 1.807) is 12.3 Å². The molecule has 4 aromatic heterocycles. The van der Waals surface area contributed by atoms with Crippen molar-refractivity contribution in [1.29, 1.82) is 0 Å². The van der Waals surface area contributed by atoms with E-state index in [4.69, 9.17) is 26.5 Å². The Morgan fingerprint density at radius 3 is 2.30 bits per heavy atom. The van der Waals surface area contributed by atoms with Gasteiger partial charge in [0.1, 0.15) is 11.5 Å². The van der Waals surface area contributed by atoms with Crippen LogP contribution in [0.3, 0.4) is 0 Å². The lowest BCUT2D eigenvalue weighted by molar-refractivity contribution is 0.217. The van der Waals surface area contributed by atoms with Crippen LogP contribution in [0, 0.1) is 5.92 Å². The van der Waals surface area contributed by atoms with Crippen molar-refractivity contribution in [2.24, 2.45) is 28.4 Å². The van der Waals surface area contributed by atoms with E-state index in [9.17, 15) is 0 Å². The molecule has 0 spiro atoms. The van der Waals surface area contributed by atoms with E-state index in [0.29, 0.717) is 24.9 Å². The fourth-order valence-electron chi connectivity index (χ4n) is 9.23. The van der Waals surface area contributed by atoms with Crippen molar-refractivity contribution in [1.82, 2.24) is 34.4 Å². The normalized spacial score (nSPS) is 17.6. The minimum Gasteiger partial charge on any atom is -0.405 e. The quantitative estimate of drug-likeness (QED) is 0.0307. The number of rotatable bonds is 12. The zero-order chi connectivity index (χ0) is 49.6. The van der Waals surface area contributed by atoms with Crippen molar-refractivity contribution < 1.29 is 0 Å². The van der Waals surface area contributed by atoms with Crippen molar-refractivity contribution in [3.05, 3.63) is 133 Å². The van der Waals surface area contributed by atoms with Crippen LogP contribution in [0.5, 0.6) is 0 Å². The second-order valence-electron chi connectivity index (χ2n) is 18.0. The lowest BCUT2D eigenvalue weighted by Gasteiger charge is -2.36. The van der Waals surface area contributed by atoms with Crippen molar-refractivity contribution in [2.75, 3.05) is 18.0 Å². The molecular weight excluding hydrogens is 849 g/mol. The number of hydrogen-bond acceptors (Lipinski definition) is 11. The minimum atomic E-state index is -0.320. The summed E-state index contributed by atoms with van der Waals surface area (Å²) < 4.78 is 4.53. The number of allylic oxidation sites excluding steroid dienone is 4. The van der Waals surface area contributed by atoms with Gasteiger partial charge in [-0.15, -0.1) is 19.4 Å². The molecule has 12 nitrogen and oxygen atoms in total. The molecule has 5 aromatic rings. The SMILES string of the molecule is C=C1CCC(n2c(=C)c3cccc(CCN(N)/C(=C\N)CC(C)C(C)(C)n4ccc5c(-c6nc(C7CC7)cc(N7CCCCC7C)n6)ccnc54)c3c2=C)C(=C)N1.C=CC.C=CN.CC.NS. The number of thiol groups is 1.